The van der Waals surface area contributed by atoms with E-state index in [2.05, 4.69) is 15.5 Å². The Bertz CT molecular complexity index is 651. The molecule has 1 aromatic heterocycles. The molecule has 21 heavy (non-hydrogen) atoms. The molecule has 2 rings (SSSR count). The predicted molar refractivity (Wildman–Crippen MR) is 77.1 cm³/mol. The third kappa shape index (κ3) is 3.65. The van der Waals surface area contributed by atoms with Crippen LogP contribution in [-0.4, -0.2) is 27.6 Å². The van der Waals surface area contributed by atoms with Crippen LogP contribution in [-0.2, 0) is 6.42 Å². The lowest BCUT2D eigenvalue weighted by Crippen LogP contribution is -2.25. The summed E-state index contributed by atoms with van der Waals surface area (Å²) in [4.78, 5) is 22.3. The molecule has 1 heterocycles. The van der Waals surface area contributed by atoms with Gasteiger partial charge in [0.05, 0.1) is 11.1 Å². The van der Waals surface area contributed by atoms with Crippen molar-refractivity contribution in [3.05, 3.63) is 57.4 Å². The molecule has 110 valence electrons. The van der Waals surface area contributed by atoms with Crippen LogP contribution >= 0.6 is 0 Å². The first-order valence-corrected chi connectivity index (χ1v) is 6.60. The van der Waals surface area contributed by atoms with Crippen molar-refractivity contribution in [2.45, 2.75) is 19.8 Å². The van der Waals surface area contributed by atoms with E-state index in [1.807, 2.05) is 6.92 Å². The molecular weight excluding hydrogens is 272 g/mol. The number of aromatic nitrogens is 2. The molecule has 0 aliphatic rings. The van der Waals surface area contributed by atoms with Crippen LogP contribution in [0.3, 0.4) is 0 Å². The Labute approximate surface area is 121 Å². The Morgan fingerprint density at radius 2 is 2.19 bits per heavy atom. The van der Waals surface area contributed by atoms with Gasteiger partial charge in [0.1, 0.15) is 5.56 Å². The minimum absolute atomic E-state index is 0.0852. The van der Waals surface area contributed by atoms with E-state index in [1.54, 1.807) is 12.3 Å². The zero-order valence-electron chi connectivity index (χ0n) is 11.6. The van der Waals surface area contributed by atoms with E-state index in [-0.39, 0.29) is 11.3 Å². The number of rotatable bonds is 6. The van der Waals surface area contributed by atoms with Gasteiger partial charge >= 0.3 is 0 Å². The Balaban J connectivity index is 1.88. The molecule has 0 saturated heterocycles. The van der Waals surface area contributed by atoms with Crippen molar-refractivity contribution in [3.63, 3.8) is 0 Å². The first kappa shape index (κ1) is 14.7. The third-order valence-corrected chi connectivity index (χ3v) is 3.19. The van der Waals surface area contributed by atoms with Crippen molar-refractivity contribution in [2.24, 2.45) is 0 Å². The first-order chi connectivity index (χ1) is 10.1. The normalized spacial score (nSPS) is 10.3. The maximum atomic E-state index is 12.0. The number of aryl methyl sites for hydroxylation is 2. The van der Waals surface area contributed by atoms with Gasteiger partial charge in [0.2, 0.25) is 0 Å². The third-order valence-electron chi connectivity index (χ3n) is 3.19. The van der Waals surface area contributed by atoms with Crippen LogP contribution in [0, 0.1) is 17.0 Å². The van der Waals surface area contributed by atoms with E-state index >= 15 is 0 Å². The summed E-state index contributed by atoms with van der Waals surface area (Å²) in [5, 5.41) is 20.3. The fraction of sp³-hybridized carbons (Fsp3) is 0.286. The van der Waals surface area contributed by atoms with E-state index in [4.69, 9.17) is 0 Å². The molecular formula is C14H16N4O3. The molecule has 0 aliphatic heterocycles. The zero-order chi connectivity index (χ0) is 15.2. The maximum absolute atomic E-state index is 12.0. The van der Waals surface area contributed by atoms with E-state index in [1.165, 1.54) is 18.2 Å². The Morgan fingerprint density at radius 1 is 1.43 bits per heavy atom. The van der Waals surface area contributed by atoms with Crippen LogP contribution in [0.25, 0.3) is 0 Å². The van der Waals surface area contributed by atoms with E-state index in [0.29, 0.717) is 6.54 Å². The molecule has 0 bridgehead atoms. The number of para-hydroxylation sites is 1. The monoisotopic (exact) mass is 288 g/mol. The van der Waals surface area contributed by atoms with Crippen molar-refractivity contribution >= 4 is 11.6 Å². The summed E-state index contributed by atoms with van der Waals surface area (Å²) in [6, 6.07) is 5.92. The highest BCUT2D eigenvalue weighted by Gasteiger charge is 2.18. The van der Waals surface area contributed by atoms with Crippen LogP contribution in [0.4, 0.5) is 5.69 Å². The summed E-state index contributed by atoms with van der Waals surface area (Å²) in [6.45, 7) is 2.39. The number of nitro groups is 1. The maximum Gasteiger partial charge on any atom is 0.282 e. The van der Waals surface area contributed by atoms with E-state index in [9.17, 15) is 14.9 Å². The lowest BCUT2D eigenvalue weighted by atomic mass is 10.1. The average molecular weight is 288 g/mol. The number of nitro benzene ring substituents is 1. The molecule has 0 aliphatic carbocycles. The van der Waals surface area contributed by atoms with Gasteiger partial charge in [-0.1, -0.05) is 12.1 Å². The van der Waals surface area contributed by atoms with Crippen molar-refractivity contribution in [2.75, 3.05) is 6.54 Å². The SMILES string of the molecule is Cc1[nH]ncc1CCCNC(=O)c1ccccc1[N+](=O)[O-]. The molecule has 1 amide bonds. The number of carbonyl (C=O) groups excluding carboxylic acids is 1. The van der Waals surface area contributed by atoms with Crippen LogP contribution in [0.2, 0.25) is 0 Å². The van der Waals surface area contributed by atoms with Gasteiger partial charge < -0.3 is 5.32 Å². The Morgan fingerprint density at radius 3 is 2.86 bits per heavy atom. The smallest absolute Gasteiger partial charge is 0.282 e. The second-order valence-electron chi connectivity index (χ2n) is 4.65. The molecule has 0 atom stereocenters. The number of aromatic amines is 1. The molecule has 0 unspecified atom stereocenters. The summed E-state index contributed by atoms with van der Waals surface area (Å²) >= 11 is 0. The van der Waals surface area contributed by atoms with Gasteiger partial charge in [-0.2, -0.15) is 5.10 Å². The number of amides is 1. The number of benzene rings is 1. The molecule has 1 aromatic carbocycles. The predicted octanol–water partition coefficient (Wildman–Crippen LogP) is 1.99. The Kier molecular flexibility index (Phi) is 4.65. The van der Waals surface area contributed by atoms with Gasteiger partial charge in [-0.3, -0.25) is 20.0 Å². The molecule has 0 radical (unpaired) electrons. The molecule has 7 heteroatoms. The lowest BCUT2D eigenvalue weighted by molar-refractivity contribution is -0.385. The minimum atomic E-state index is -0.552. The van der Waals surface area contributed by atoms with Crippen molar-refractivity contribution in [3.8, 4) is 0 Å². The van der Waals surface area contributed by atoms with Gasteiger partial charge in [0.25, 0.3) is 11.6 Å². The standard InChI is InChI=1S/C14H16N4O3/c1-10-11(9-16-17-10)5-4-8-15-14(19)12-6-2-3-7-13(12)18(20)21/h2-3,6-7,9H,4-5,8H2,1H3,(H,15,19)(H,16,17). The quantitative estimate of drug-likeness (QED) is 0.482. The van der Waals surface area contributed by atoms with Crippen molar-refractivity contribution in [1.29, 1.82) is 0 Å². The summed E-state index contributed by atoms with van der Waals surface area (Å²) in [7, 11) is 0. The molecule has 7 nitrogen and oxygen atoms in total. The fourth-order valence-electron chi connectivity index (χ4n) is 2.03. The van der Waals surface area contributed by atoms with Crippen LogP contribution in [0.5, 0.6) is 0 Å². The van der Waals surface area contributed by atoms with Crippen LogP contribution in [0.1, 0.15) is 28.0 Å². The average Bonchev–Trinajstić information content (AvgIpc) is 2.88. The molecule has 2 aromatic rings. The highest BCUT2D eigenvalue weighted by molar-refractivity contribution is 5.98. The van der Waals surface area contributed by atoms with Crippen LogP contribution < -0.4 is 5.32 Å². The molecule has 0 fully saturated rings. The van der Waals surface area contributed by atoms with E-state index in [0.717, 1.165) is 24.1 Å². The topological polar surface area (TPSA) is 101 Å². The zero-order valence-corrected chi connectivity index (χ0v) is 11.6. The minimum Gasteiger partial charge on any atom is -0.352 e. The summed E-state index contributed by atoms with van der Waals surface area (Å²) in [6.07, 6.45) is 3.30. The van der Waals surface area contributed by atoms with E-state index < -0.39 is 10.8 Å². The molecule has 2 N–H and O–H groups in total. The number of H-pyrrole nitrogens is 1. The van der Waals surface area contributed by atoms with Crippen LogP contribution in [0.15, 0.2) is 30.5 Å². The fourth-order valence-corrected chi connectivity index (χ4v) is 2.03. The second-order valence-corrected chi connectivity index (χ2v) is 4.65. The van der Waals surface area contributed by atoms with Gasteiger partial charge in [-0.15, -0.1) is 0 Å². The Hall–Kier alpha value is -2.70. The number of hydrogen-bond acceptors (Lipinski definition) is 4. The summed E-state index contributed by atoms with van der Waals surface area (Å²) < 4.78 is 0. The molecule has 0 spiro atoms. The number of nitrogens with one attached hydrogen (secondary N) is 2. The van der Waals surface area contributed by atoms with Crippen molar-refractivity contribution in [1.82, 2.24) is 15.5 Å². The first-order valence-electron chi connectivity index (χ1n) is 6.60. The summed E-state index contributed by atoms with van der Waals surface area (Å²) in [5.41, 5.74) is 2.03. The van der Waals surface area contributed by atoms with Gasteiger partial charge in [-0.25, -0.2) is 0 Å². The number of nitrogens with zero attached hydrogens (tertiary/aromatic N) is 2. The number of hydrogen-bond donors (Lipinski definition) is 2. The highest BCUT2D eigenvalue weighted by Crippen LogP contribution is 2.17. The molecule has 0 saturated carbocycles. The summed E-state index contributed by atoms with van der Waals surface area (Å²) in [5.74, 6) is -0.425. The van der Waals surface area contributed by atoms with Gasteiger partial charge in [-0.05, 0) is 31.4 Å². The van der Waals surface area contributed by atoms with Crippen molar-refractivity contribution < 1.29 is 9.72 Å². The second kappa shape index (κ2) is 6.65. The highest BCUT2D eigenvalue weighted by atomic mass is 16.6. The van der Waals surface area contributed by atoms with Gasteiger partial charge in [0.15, 0.2) is 0 Å². The largest absolute Gasteiger partial charge is 0.352 e. The number of carbonyl (C=O) groups is 1. The lowest BCUT2D eigenvalue weighted by Gasteiger charge is -2.05. The van der Waals surface area contributed by atoms with Gasteiger partial charge in [0, 0.05) is 18.3 Å².